The van der Waals surface area contributed by atoms with Gasteiger partial charge in [0.05, 0.1) is 5.69 Å². The maximum Gasteiger partial charge on any atom is 0.272 e. The van der Waals surface area contributed by atoms with Crippen LogP contribution in [0.5, 0.6) is 0 Å². The van der Waals surface area contributed by atoms with Gasteiger partial charge in [0.2, 0.25) is 0 Å². The first-order valence-electron chi connectivity index (χ1n) is 7.09. The second-order valence-electron chi connectivity index (χ2n) is 5.04. The average Bonchev–Trinajstić information content (AvgIpc) is 3.18. The van der Waals surface area contributed by atoms with Crippen molar-refractivity contribution >= 4 is 27.5 Å². The Morgan fingerprint density at radius 1 is 1.35 bits per heavy atom. The summed E-state index contributed by atoms with van der Waals surface area (Å²) in [4.78, 5) is 12.5. The Balaban J connectivity index is 1.88. The molecule has 0 unspecified atom stereocenters. The van der Waals surface area contributed by atoms with Crippen LogP contribution in [0.3, 0.4) is 0 Å². The van der Waals surface area contributed by atoms with Gasteiger partial charge in [-0.2, -0.15) is 0 Å². The standard InChI is InChI=1S/C15H15BrN6O/c1-3-21-8-11(16)6-14(21)15(23)18-12-5-4-10(2)13(7-12)22-9-17-19-20-22/h4-9H,3H2,1-2H3,(H,18,23). The van der Waals surface area contributed by atoms with Crippen LogP contribution in [0.1, 0.15) is 23.0 Å². The molecule has 1 amide bonds. The van der Waals surface area contributed by atoms with Gasteiger partial charge in [0.1, 0.15) is 12.0 Å². The lowest BCUT2D eigenvalue weighted by atomic mass is 10.2. The molecule has 0 bridgehead atoms. The van der Waals surface area contributed by atoms with Gasteiger partial charge < -0.3 is 9.88 Å². The summed E-state index contributed by atoms with van der Waals surface area (Å²) < 4.78 is 4.33. The van der Waals surface area contributed by atoms with Gasteiger partial charge in [-0.05, 0) is 64.0 Å². The summed E-state index contributed by atoms with van der Waals surface area (Å²) in [5.74, 6) is -0.163. The minimum atomic E-state index is -0.163. The summed E-state index contributed by atoms with van der Waals surface area (Å²) in [6, 6.07) is 7.42. The summed E-state index contributed by atoms with van der Waals surface area (Å²) in [7, 11) is 0. The molecule has 2 heterocycles. The van der Waals surface area contributed by atoms with Crippen LogP contribution in [0.2, 0.25) is 0 Å². The summed E-state index contributed by atoms with van der Waals surface area (Å²) in [5.41, 5.74) is 3.12. The molecule has 0 spiro atoms. The molecule has 0 aliphatic heterocycles. The van der Waals surface area contributed by atoms with Crippen molar-refractivity contribution in [1.82, 2.24) is 24.8 Å². The topological polar surface area (TPSA) is 77.6 Å². The first-order chi connectivity index (χ1) is 11.1. The molecule has 0 aliphatic rings. The molecule has 0 aliphatic carbocycles. The normalized spacial score (nSPS) is 10.7. The minimum absolute atomic E-state index is 0.163. The van der Waals surface area contributed by atoms with E-state index in [2.05, 4.69) is 36.8 Å². The van der Waals surface area contributed by atoms with Crippen molar-refractivity contribution in [2.75, 3.05) is 5.32 Å². The van der Waals surface area contributed by atoms with E-state index >= 15 is 0 Å². The van der Waals surface area contributed by atoms with Crippen LogP contribution in [-0.4, -0.2) is 30.7 Å². The number of hydrogen-bond donors (Lipinski definition) is 1. The van der Waals surface area contributed by atoms with Gasteiger partial charge in [0.25, 0.3) is 5.91 Å². The van der Waals surface area contributed by atoms with E-state index in [0.717, 1.165) is 22.3 Å². The van der Waals surface area contributed by atoms with E-state index in [-0.39, 0.29) is 5.91 Å². The van der Waals surface area contributed by atoms with Crippen LogP contribution in [0, 0.1) is 6.92 Å². The third kappa shape index (κ3) is 3.16. The Bertz CT molecular complexity index is 840. The molecule has 23 heavy (non-hydrogen) atoms. The van der Waals surface area contributed by atoms with E-state index in [9.17, 15) is 4.79 Å². The largest absolute Gasteiger partial charge is 0.343 e. The molecular formula is C15H15BrN6O. The zero-order chi connectivity index (χ0) is 16.4. The zero-order valence-electron chi connectivity index (χ0n) is 12.7. The number of rotatable bonds is 4. The molecule has 0 fully saturated rings. The Labute approximate surface area is 141 Å². The Hall–Kier alpha value is -2.48. The number of tetrazole rings is 1. The van der Waals surface area contributed by atoms with Crippen LogP contribution in [-0.2, 0) is 6.54 Å². The number of nitrogens with zero attached hydrogens (tertiary/aromatic N) is 5. The van der Waals surface area contributed by atoms with Crippen molar-refractivity contribution in [3.63, 3.8) is 0 Å². The van der Waals surface area contributed by atoms with E-state index in [1.807, 2.05) is 42.8 Å². The van der Waals surface area contributed by atoms with Crippen molar-refractivity contribution in [2.45, 2.75) is 20.4 Å². The van der Waals surface area contributed by atoms with E-state index in [4.69, 9.17) is 0 Å². The lowest BCUT2D eigenvalue weighted by Gasteiger charge is -2.10. The molecule has 0 radical (unpaired) electrons. The first-order valence-corrected chi connectivity index (χ1v) is 7.89. The van der Waals surface area contributed by atoms with E-state index < -0.39 is 0 Å². The monoisotopic (exact) mass is 374 g/mol. The fourth-order valence-electron chi connectivity index (χ4n) is 2.33. The number of amides is 1. The van der Waals surface area contributed by atoms with Gasteiger partial charge in [-0.15, -0.1) is 5.10 Å². The number of carbonyl (C=O) groups excluding carboxylic acids is 1. The molecule has 0 atom stereocenters. The molecule has 2 aromatic heterocycles. The van der Waals surface area contributed by atoms with Gasteiger partial charge in [-0.3, -0.25) is 4.79 Å². The molecule has 0 saturated carbocycles. The molecule has 118 valence electrons. The highest BCUT2D eigenvalue weighted by Crippen LogP contribution is 2.20. The first kappa shape index (κ1) is 15.4. The summed E-state index contributed by atoms with van der Waals surface area (Å²) >= 11 is 3.40. The van der Waals surface area contributed by atoms with Gasteiger partial charge in [0, 0.05) is 22.9 Å². The van der Waals surface area contributed by atoms with Crippen molar-refractivity contribution in [2.24, 2.45) is 0 Å². The molecular weight excluding hydrogens is 360 g/mol. The van der Waals surface area contributed by atoms with Crippen LogP contribution in [0.4, 0.5) is 5.69 Å². The summed E-state index contributed by atoms with van der Waals surface area (Å²) in [5, 5.41) is 14.1. The van der Waals surface area contributed by atoms with Gasteiger partial charge in [-0.1, -0.05) is 6.07 Å². The predicted molar refractivity (Wildman–Crippen MR) is 89.7 cm³/mol. The number of aryl methyl sites for hydroxylation is 2. The van der Waals surface area contributed by atoms with E-state index in [1.54, 1.807) is 10.7 Å². The highest BCUT2D eigenvalue weighted by Gasteiger charge is 2.13. The van der Waals surface area contributed by atoms with Gasteiger partial charge in [0.15, 0.2) is 0 Å². The lowest BCUT2D eigenvalue weighted by Crippen LogP contribution is -2.16. The van der Waals surface area contributed by atoms with E-state index in [0.29, 0.717) is 11.4 Å². The van der Waals surface area contributed by atoms with Crippen molar-refractivity contribution in [3.05, 3.63) is 52.5 Å². The second-order valence-corrected chi connectivity index (χ2v) is 5.96. The van der Waals surface area contributed by atoms with Crippen LogP contribution in [0.15, 0.2) is 41.3 Å². The Morgan fingerprint density at radius 3 is 2.87 bits per heavy atom. The number of benzene rings is 1. The van der Waals surface area contributed by atoms with Crippen molar-refractivity contribution < 1.29 is 4.79 Å². The second kappa shape index (κ2) is 6.33. The zero-order valence-corrected chi connectivity index (χ0v) is 14.3. The summed E-state index contributed by atoms with van der Waals surface area (Å²) in [6.07, 6.45) is 3.41. The fourth-order valence-corrected chi connectivity index (χ4v) is 2.79. The maximum atomic E-state index is 12.5. The highest BCUT2D eigenvalue weighted by atomic mass is 79.9. The third-order valence-electron chi connectivity index (χ3n) is 3.50. The number of aromatic nitrogens is 5. The quantitative estimate of drug-likeness (QED) is 0.761. The van der Waals surface area contributed by atoms with Crippen molar-refractivity contribution in [1.29, 1.82) is 0 Å². The molecule has 7 nitrogen and oxygen atoms in total. The number of hydrogen-bond acceptors (Lipinski definition) is 4. The third-order valence-corrected chi connectivity index (χ3v) is 3.93. The molecule has 1 N–H and O–H groups in total. The molecule has 0 saturated heterocycles. The van der Waals surface area contributed by atoms with Gasteiger partial charge in [-0.25, -0.2) is 4.68 Å². The number of halogens is 1. The lowest BCUT2D eigenvalue weighted by molar-refractivity contribution is 0.101. The molecule has 3 rings (SSSR count). The number of nitrogens with one attached hydrogen (secondary N) is 1. The molecule has 1 aromatic carbocycles. The smallest absolute Gasteiger partial charge is 0.272 e. The fraction of sp³-hybridized carbons (Fsp3) is 0.200. The van der Waals surface area contributed by atoms with Gasteiger partial charge >= 0.3 is 0 Å². The SMILES string of the molecule is CCn1cc(Br)cc1C(=O)Nc1ccc(C)c(-n2cnnn2)c1. The van der Waals surface area contributed by atoms with Crippen LogP contribution < -0.4 is 5.32 Å². The molecule has 3 aromatic rings. The minimum Gasteiger partial charge on any atom is -0.343 e. The Kier molecular flexibility index (Phi) is 4.24. The number of anilines is 1. The maximum absolute atomic E-state index is 12.5. The average molecular weight is 375 g/mol. The van der Waals surface area contributed by atoms with Crippen molar-refractivity contribution in [3.8, 4) is 5.69 Å². The molecule has 8 heteroatoms. The van der Waals surface area contributed by atoms with E-state index in [1.165, 1.54) is 6.33 Å². The Morgan fingerprint density at radius 2 is 2.17 bits per heavy atom. The number of carbonyl (C=O) groups is 1. The highest BCUT2D eigenvalue weighted by molar-refractivity contribution is 9.10. The summed E-state index contributed by atoms with van der Waals surface area (Å²) in [6.45, 7) is 4.67. The van der Waals surface area contributed by atoms with Crippen LogP contribution >= 0.6 is 15.9 Å². The van der Waals surface area contributed by atoms with Crippen LogP contribution in [0.25, 0.3) is 5.69 Å². The predicted octanol–water partition coefficient (Wildman–Crippen LogP) is 2.81.